The van der Waals surface area contributed by atoms with Gasteiger partial charge in [0.1, 0.15) is 6.04 Å². The zero-order valence-electron chi connectivity index (χ0n) is 15.1. The molecule has 26 heavy (non-hydrogen) atoms. The van der Waals surface area contributed by atoms with Crippen molar-refractivity contribution in [3.63, 3.8) is 0 Å². The number of nitrogens with zero attached hydrogens (tertiary/aromatic N) is 1. The predicted molar refractivity (Wildman–Crippen MR) is 97.1 cm³/mol. The summed E-state index contributed by atoms with van der Waals surface area (Å²) in [7, 11) is 0. The summed E-state index contributed by atoms with van der Waals surface area (Å²) in [5.41, 5.74) is 8.46. The first-order chi connectivity index (χ1) is 12.5. The zero-order chi connectivity index (χ0) is 18.7. The molecule has 0 aliphatic carbocycles. The molecule has 7 nitrogen and oxygen atoms in total. The molecule has 7 heteroatoms. The molecule has 1 aromatic rings. The average Bonchev–Trinajstić information content (AvgIpc) is 2.92. The predicted octanol–water partition coefficient (Wildman–Crippen LogP) is 0.665. The minimum atomic E-state index is -0.570. The van der Waals surface area contributed by atoms with Gasteiger partial charge in [-0.05, 0) is 49.9 Å². The summed E-state index contributed by atoms with van der Waals surface area (Å²) in [6, 6.07) is 5.34. The molecule has 0 radical (unpaired) electrons. The van der Waals surface area contributed by atoms with Crippen LogP contribution in [0.2, 0.25) is 0 Å². The molecule has 3 amide bonds. The first kappa shape index (κ1) is 18.5. The molecule has 2 atom stereocenters. The Bertz CT molecular complexity index is 717. The van der Waals surface area contributed by atoms with Crippen molar-refractivity contribution in [2.24, 2.45) is 5.73 Å². The fourth-order valence-corrected chi connectivity index (χ4v) is 3.59. The quantitative estimate of drug-likeness (QED) is 0.491. The van der Waals surface area contributed by atoms with E-state index >= 15 is 0 Å². The number of carbonyl (C=O) groups excluding carboxylic acids is 3. The lowest BCUT2D eigenvalue weighted by Crippen LogP contribution is -2.52. The number of nitrogens with one attached hydrogen (secondary N) is 2. The summed E-state index contributed by atoms with van der Waals surface area (Å²) in [5, 5.41) is 5.73. The van der Waals surface area contributed by atoms with E-state index in [1.165, 1.54) is 0 Å². The van der Waals surface area contributed by atoms with Gasteiger partial charge in [-0.15, -0.1) is 0 Å². The van der Waals surface area contributed by atoms with Gasteiger partial charge < -0.3 is 16.0 Å². The molecular weight excluding hydrogens is 332 g/mol. The van der Waals surface area contributed by atoms with Crippen LogP contribution < -0.4 is 16.4 Å². The van der Waals surface area contributed by atoms with Crippen LogP contribution in [0.4, 0.5) is 0 Å². The molecule has 140 valence electrons. The fourth-order valence-electron chi connectivity index (χ4n) is 3.59. The second kappa shape index (κ2) is 7.97. The van der Waals surface area contributed by atoms with Crippen molar-refractivity contribution in [2.75, 3.05) is 6.54 Å². The number of carbonyl (C=O) groups is 3. The van der Waals surface area contributed by atoms with Gasteiger partial charge in [-0.2, -0.15) is 0 Å². The number of imide groups is 1. The van der Waals surface area contributed by atoms with Crippen molar-refractivity contribution >= 4 is 17.7 Å². The van der Waals surface area contributed by atoms with E-state index in [4.69, 9.17) is 5.73 Å². The van der Waals surface area contributed by atoms with Gasteiger partial charge in [-0.25, -0.2) is 0 Å². The largest absolute Gasteiger partial charge is 0.328 e. The van der Waals surface area contributed by atoms with E-state index < -0.39 is 6.04 Å². The highest BCUT2D eigenvalue weighted by Crippen LogP contribution is 2.29. The van der Waals surface area contributed by atoms with Crippen LogP contribution in [-0.2, 0) is 22.7 Å². The number of benzene rings is 1. The molecule has 2 aliphatic heterocycles. The molecule has 1 fully saturated rings. The smallest absolute Gasteiger partial charge is 0.255 e. The normalized spacial score (nSPS) is 20.9. The van der Waals surface area contributed by atoms with E-state index in [2.05, 4.69) is 10.6 Å². The third-order valence-corrected chi connectivity index (χ3v) is 5.01. The standard InChI is InChI=1S/C19H26N4O3/c1-12(20)4-3-9-21-10-13-5-2-6-14-15(13)11-23(19(14)26)16-7-8-17(24)22-18(16)25/h2,5-6,12,16,21H,3-4,7-11,20H2,1H3,(H,22,24,25). The molecule has 2 aliphatic rings. The van der Waals surface area contributed by atoms with E-state index in [0.717, 1.165) is 30.5 Å². The van der Waals surface area contributed by atoms with Crippen LogP contribution in [-0.4, -0.2) is 41.2 Å². The number of rotatable bonds is 7. The van der Waals surface area contributed by atoms with Gasteiger partial charge in [0.2, 0.25) is 11.8 Å². The van der Waals surface area contributed by atoms with Gasteiger partial charge >= 0.3 is 0 Å². The van der Waals surface area contributed by atoms with Crippen LogP contribution in [0.25, 0.3) is 0 Å². The molecule has 4 N–H and O–H groups in total. The number of amides is 3. The Labute approximate surface area is 153 Å². The number of hydrogen-bond donors (Lipinski definition) is 3. The number of piperidine rings is 1. The van der Waals surface area contributed by atoms with E-state index in [9.17, 15) is 14.4 Å². The number of nitrogens with two attached hydrogens (primary N) is 1. The van der Waals surface area contributed by atoms with Crippen molar-refractivity contribution in [1.82, 2.24) is 15.5 Å². The van der Waals surface area contributed by atoms with Gasteiger partial charge in [0.15, 0.2) is 0 Å². The summed E-state index contributed by atoms with van der Waals surface area (Å²) >= 11 is 0. The summed E-state index contributed by atoms with van der Waals surface area (Å²) in [4.78, 5) is 37.8. The Balaban J connectivity index is 1.66. The third kappa shape index (κ3) is 3.94. The van der Waals surface area contributed by atoms with E-state index in [1.807, 2.05) is 25.1 Å². The monoisotopic (exact) mass is 358 g/mol. The highest BCUT2D eigenvalue weighted by atomic mass is 16.2. The highest BCUT2D eigenvalue weighted by molar-refractivity contribution is 6.05. The molecule has 1 saturated heterocycles. The zero-order valence-corrected chi connectivity index (χ0v) is 15.1. The van der Waals surface area contributed by atoms with Crippen molar-refractivity contribution in [2.45, 2.75) is 57.8 Å². The molecule has 0 bridgehead atoms. The third-order valence-electron chi connectivity index (χ3n) is 5.01. The molecule has 0 saturated carbocycles. The van der Waals surface area contributed by atoms with Crippen LogP contribution in [0.3, 0.4) is 0 Å². The van der Waals surface area contributed by atoms with Gasteiger partial charge in [0.05, 0.1) is 0 Å². The van der Waals surface area contributed by atoms with E-state index in [1.54, 1.807) is 4.90 Å². The topological polar surface area (TPSA) is 105 Å². The van der Waals surface area contributed by atoms with Crippen LogP contribution in [0.5, 0.6) is 0 Å². The lowest BCUT2D eigenvalue weighted by Gasteiger charge is -2.29. The molecule has 2 heterocycles. The molecule has 0 spiro atoms. The van der Waals surface area contributed by atoms with Gasteiger partial charge in [0.25, 0.3) is 5.91 Å². The second-order valence-corrected chi connectivity index (χ2v) is 7.14. The van der Waals surface area contributed by atoms with Gasteiger partial charge in [-0.1, -0.05) is 12.1 Å². The van der Waals surface area contributed by atoms with Crippen LogP contribution >= 0.6 is 0 Å². The minimum Gasteiger partial charge on any atom is -0.328 e. The Morgan fingerprint density at radius 1 is 1.35 bits per heavy atom. The Kier molecular flexibility index (Phi) is 5.68. The Morgan fingerprint density at radius 2 is 2.15 bits per heavy atom. The highest BCUT2D eigenvalue weighted by Gasteiger charge is 2.39. The lowest BCUT2D eigenvalue weighted by atomic mass is 10.0. The molecular formula is C19H26N4O3. The first-order valence-corrected chi connectivity index (χ1v) is 9.19. The molecule has 2 unspecified atom stereocenters. The molecule has 0 aromatic heterocycles. The number of hydrogen-bond acceptors (Lipinski definition) is 5. The fraction of sp³-hybridized carbons (Fsp3) is 0.526. The maximum atomic E-state index is 12.8. The summed E-state index contributed by atoms with van der Waals surface area (Å²) in [6.07, 6.45) is 2.63. The maximum absolute atomic E-state index is 12.8. The van der Waals surface area contributed by atoms with Crippen LogP contribution in [0.1, 0.15) is 54.1 Å². The number of fused-ring (bicyclic) bond motifs is 1. The van der Waals surface area contributed by atoms with Crippen molar-refractivity contribution in [3.8, 4) is 0 Å². The van der Waals surface area contributed by atoms with E-state index in [-0.39, 0.29) is 30.2 Å². The van der Waals surface area contributed by atoms with Crippen molar-refractivity contribution in [1.29, 1.82) is 0 Å². The van der Waals surface area contributed by atoms with Gasteiger partial charge in [0, 0.05) is 31.1 Å². The second-order valence-electron chi connectivity index (χ2n) is 7.14. The van der Waals surface area contributed by atoms with Crippen molar-refractivity contribution in [3.05, 3.63) is 34.9 Å². The Hall–Kier alpha value is -2.25. The van der Waals surface area contributed by atoms with Crippen molar-refractivity contribution < 1.29 is 14.4 Å². The summed E-state index contributed by atoms with van der Waals surface area (Å²) < 4.78 is 0. The van der Waals surface area contributed by atoms with Crippen LogP contribution in [0, 0.1) is 0 Å². The first-order valence-electron chi connectivity index (χ1n) is 9.19. The Morgan fingerprint density at radius 3 is 2.88 bits per heavy atom. The molecule has 3 rings (SSSR count). The van der Waals surface area contributed by atoms with Gasteiger partial charge in [-0.3, -0.25) is 19.7 Å². The maximum Gasteiger partial charge on any atom is 0.255 e. The lowest BCUT2D eigenvalue weighted by molar-refractivity contribution is -0.136. The molecule has 1 aromatic carbocycles. The minimum absolute atomic E-state index is 0.131. The van der Waals surface area contributed by atoms with Crippen LogP contribution in [0.15, 0.2) is 18.2 Å². The average molecular weight is 358 g/mol. The van der Waals surface area contributed by atoms with E-state index in [0.29, 0.717) is 25.1 Å². The SMILES string of the molecule is CC(N)CCCNCc1cccc2c1CN(C1CCC(=O)NC1=O)C2=O. The summed E-state index contributed by atoms with van der Waals surface area (Å²) in [6.45, 7) is 3.96. The summed E-state index contributed by atoms with van der Waals surface area (Å²) in [5.74, 6) is -0.779.